The van der Waals surface area contributed by atoms with Gasteiger partial charge in [0.1, 0.15) is 0 Å². The van der Waals surface area contributed by atoms with Crippen molar-refractivity contribution in [3.63, 3.8) is 0 Å². The van der Waals surface area contributed by atoms with Gasteiger partial charge in [-0.1, -0.05) is 30.3 Å². The highest BCUT2D eigenvalue weighted by molar-refractivity contribution is 5.73. The summed E-state index contributed by atoms with van der Waals surface area (Å²) < 4.78 is 24.2. The second-order valence-corrected chi connectivity index (χ2v) is 4.97. The van der Waals surface area contributed by atoms with E-state index < -0.39 is 23.0 Å². The van der Waals surface area contributed by atoms with Crippen LogP contribution in [0.4, 0.5) is 8.96 Å². The van der Waals surface area contributed by atoms with Gasteiger partial charge in [0, 0.05) is 11.8 Å². The van der Waals surface area contributed by atoms with Crippen molar-refractivity contribution in [3.05, 3.63) is 35.9 Å². The van der Waals surface area contributed by atoms with Gasteiger partial charge in [-0.2, -0.15) is 0 Å². The summed E-state index contributed by atoms with van der Waals surface area (Å²) in [5.74, 6) is -1.53. The van der Waals surface area contributed by atoms with Gasteiger partial charge in [-0.3, -0.25) is 4.79 Å². The van der Waals surface area contributed by atoms with Crippen LogP contribution in [0.1, 0.15) is 26.3 Å². The molecule has 0 heterocycles. The average Bonchev–Trinajstić information content (AvgIpc) is 2.24. The molecule has 1 aromatic rings. The molecule has 0 aliphatic carbocycles. The Labute approximate surface area is 111 Å². The summed E-state index contributed by atoms with van der Waals surface area (Å²) in [5, 5.41) is 15.7. The van der Waals surface area contributed by atoms with Crippen molar-refractivity contribution in [1.29, 1.82) is 0 Å². The maximum atomic E-state index is 12.1. The third kappa shape index (κ3) is 10.1. The smallest absolute Gasteiger partial charge is 0.326 e. The van der Waals surface area contributed by atoms with Crippen LogP contribution in [0.2, 0.25) is 0 Å². The van der Waals surface area contributed by atoms with E-state index in [0.29, 0.717) is 5.56 Å². The predicted molar refractivity (Wildman–Crippen MR) is 67.6 cm³/mol. The molecule has 0 bridgehead atoms. The van der Waals surface area contributed by atoms with E-state index in [9.17, 15) is 13.8 Å². The fraction of sp³-hybridized carbons (Fsp3) is 0.462. The number of hydrogen-bond donors (Lipinski definition) is 2. The molecule has 108 valence electrons. The third-order valence-corrected chi connectivity index (χ3v) is 1.79. The van der Waals surface area contributed by atoms with Crippen LogP contribution in [-0.2, 0) is 11.2 Å². The number of carboxylic acids is 1. The first-order valence-corrected chi connectivity index (χ1v) is 5.71. The van der Waals surface area contributed by atoms with Crippen LogP contribution in [0, 0.1) is 0 Å². The van der Waals surface area contributed by atoms with Crippen molar-refractivity contribution in [3.8, 4) is 0 Å². The molecule has 0 saturated carbocycles. The molecule has 2 N–H and O–H groups in total. The molecule has 6 heteroatoms. The molecule has 1 aromatic carbocycles. The van der Waals surface area contributed by atoms with Crippen molar-refractivity contribution in [2.45, 2.75) is 38.8 Å². The molecule has 0 unspecified atom stereocenters. The van der Waals surface area contributed by atoms with Gasteiger partial charge in [0.2, 0.25) is 0 Å². The normalized spacial score (nSPS) is 12.6. The van der Waals surface area contributed by atoms with Crippen LogP contribution < -0.4 is 0 Å². The highest BCUT2D eigenvalue weighted by atomic mass is 19.4. The standard InChI is InChI=1S/C9H9F2NO2.C4H10O/c10-12(11)8(9(13)14)6-7-4-2-1-3-5-7;1-4(2,3)5/h1-5,8H,6H2,(H,13,14);5H,1-3H3/t8-;/m0./s1. The Kier molecular flexibility index (Phi) is 7.18. The molecule has 0 radical (unpaired) electrons. The maximum Gasteiger partial charge on any atom is 0.326 e. The molecule has 0 aliphatic heterocycles. The molecule has 0 spiro atoms. The van der Waals surface area contributed by atoms with E-state index in [1.54, 1.807) is 51.1 Å². The van der Waals surface area contributed by atoms with Gasteiger partial charge in [-0.15, -0.1) is 8.96 Å². The zero-order valence-corrected chi connectivity index (χ0v) is 11.2. The maximum absolute atomic E-state index is 12.1. The van der Waals surface area contributed by atoms with Gasteiger partial charge in [-0.05, 0) is 26.3 Å². The largest absolute Gasteiger partial charge is 0.480 e. The fourth-order valence-corrected chi connectivity index (χ4v) is 1.08. The summed E-state index contributed by atoms with van der Waals surface area (Å²) in [4.78, 5) is 10.4. The molecule has 1 rings (SSSR count). The van der Waals surface area contributed by atoms with Crippen LogP contribution in [0.25, 0.3) is 0 Å². The summed E-state index contributed by atoms with van der Waals surface area (Å²) in [6.45, 7) is 5.23. The fourth-order valence-electron chi connectivity index (χ4n) is 1.08. The molecular weight excluding hydrogens is 256 g/mol. The third-order valence-electron chi connectivity index (χ3n) is 1.79. The topological polar surface area (TPSA) is 60.8 Å². The van der Waals surface area contributed by atoms with Gasteiger partial charge in [0.25, 0.3) is 0 Å². The van der Waals surface area contributed by atoms with Gasteiger partial charge in [-0.25, -0.2) is 0 Å². The lowest BCUT2D eigenvalue weighted by Gasteiger charge is -2.11. The van der Waals surface area contributed by atoms with Crippen LogP contribution in [0.5, 0.6) is 0 Å². The van der Waals surface area contributed by atoms with Crippen molar-refractivity contribution in [1.82, 2.24) is 5.34 Å². The monoisotopic (exact) mass is 275 g/mol. The molecule has 1 atom stereocenters. The van der Waals surface area contributed by atoms with E-state index in [-0.39, 0.29) is 6.42 Å². The number of hydrogen-bond acceptors (Lipinski definition) is 3. The number of aliphatic carboxylic acids is 1. The molecule has 0 amide bonds. The second-order valence-electron chi connectivity index (χ2n) is 4.97. The Morgan fingerprint density at radius 2 is 1.68 bits per heavy atom. The molecule has 0 aromatic heterocycles. The minimum Gasteiger partial charge on any atom is -0.480 e. The Morgan fingerprint density at radius 3 is 2.00 bits per heavy atom. The van der Waals surface area contributed by atoms with Gasteiger partial charge in [0.05, 0.1) is 5.60 Å². The molecule has 4 nitrogen and oxygen atoms in total. The predicted octanol–water partition coefficient (Wildman–Crippen LogP) is 2.53. The van der Waals surface area contributed by atoms with E-state index in [2.05, 4.69) is 0 Å². The molecule has 0 fully saturated rings. The van der Waals surface area contributed by atoms with Gasteiger partial charge in [0.15, 0.2) is 6.04 Å². The van der Waals surface area contributed by atoms with E-state index in [0.717, 1.165) is 0 Å². The summed E-state index contributed by atoms with van der Waals surface area (Å²) in [6, 6.07) is 6.53. The van der Waals surface area contributed by atoms with E-state index >= 15 is 0 Å². The number of aliphatic hydroxyl groups is 1. The lowest BCUT2D eigenvalue weighted by molar-refractivity contribution is -0.200. The van der Waals surface area contributed by atoms with Crippen molar-refractivity contribution < 1.29 is 24.0 Å². The van der Waals surface area contributed by atoms with E-state index in [1.807, 2.05) is 0 Å². The first kappa shape index (κ1) is 17.5. The zero-order chi connectivity index (χ0) is 15.1. The first-order chi connectivity index (χ1) is 8.61. The highest BCUT2D eigenvalue weighted by Crippen LogP contribution is 2.10. The van der Waals surface area contributed by atoms with Gasteiger partial charge < -0.3 is 10.2 Å². The highest BCUT2D eigenvalue weighted by Gasteiger charge is 2.26. The summed E-state index contributed by atoms with van der Waals surface area (Å²) >= 11 is 0. The Hall–Kier alpha value is -1.53. The second kappa shape index (κ2) is 7.81. The summed E-state index contributed by atoms with van der Waals surface area (Å²) in [7, 11) is 0. The summed E-state index contributed by atoms with van der Waals surface area (Å²) in [5.41, 5.74) is 0.0696. The number of benzene rings is 1. The molecular formula is C13H19F2NO3. The Bertz CT molecular complexity index is 371. The number of carboxylic acid groups (broad SMARTS) is 1. The Balaban J connectivity index is 0.000000555. The number of rotatable bonds is 4. The van der Waals surface area contributed by atoms with Crippen LogP contribution in [0.3, 0.4) is 0 Å². The van der Waals surface area contributed by atoms with E-state index in [1.165, 1.54) is 0 Å². The van der Waals surface area contributed by atoms with E-state index in [4.69, 9.17) is 10.2 Å². The number of halogens is 2. The van der Waals surface area contributed by atoms with Crippen LogP contribution >= 0.6 is 0 Å². The lowest BCUT2D eigenvalue weighted by Crippen LogP contribution is -2.32. The molecule has 19 heavy (non-hydrogen) atoms. The van der Waals surface area contributed by atoms with Gasteiger partial charge >= 0.3 is 5.97 Å². The summed E-state index contributed by atoms with van der Waals surface area (Å²) in [6.07, 6.45) is -0.205. The minimum atomic E-state index is -1.78. The first-order valence-electron chi connectivity index (χ1n) is 5.71. The number of carbonyl (C=O) groups is 1. The zero-order valence-electron chi connectivity index (χ0n) is 11.2. The average molecular weight is 275 g/mol. The minimum absolute atomic E-state index is 0.205. The van der Waals surface area contributed by atoms with Crippen LogP contribution in [0.15, 0.2) is 30.3 Å². The quantitative estimate of drug-likeness (QED) is 0.829. The number of nitrogens with zero attached hydrogens (tertiary/aromatic N) is 1. The lowest BCUT2D eigenvalue weighted by atomic mass is 10.1. The van der Waals surface area contributed by atoms with Crippen LogP contribution in [-0.4, -0.2) is 33.2 Å². The SMILES string of the molecule is CC(C)(C)O.O=C(O)[C@H](Cc1ccccc1)N(F)F. The Morgan fingerprint density at radius 1 is 1.26 bits per heavy atom. The van der Waals surface area contributed by atoms with Crippen molar-refractivity contribution in [2.75, 3.05) is 0 Å². The molecule has 0 aliphatic rings. The van der Waals surface area contributed by atoms with Crippen molar-refractivity contribution in [2.24, 2.45) is 0 Å². The molecule has 0 saturated heterocycles. The van der Waals surface area contributed by atoms with Crippen molar-refractivity contribution >= 4 is 5.97 Å².